The van der Waals surface area contributed by atoms with E-state index in [-0.39, 0.29) is 6.10 Å². The van der Waals surface area contributed by atoms with Gasteiger partial charge in [-0.2, -0.15) is 0 Å². The highest BCUT2D eigenvalue weighted by molar-refractivity contribution is 14.1. The number of aliphatic hydroxyl groups is 1. The molecule has 0 saturated carbocycles. The van der Waals surface area contributed by atoms with Gasteiger partial charge in [0.2, 0.25) is 0 Å². The fraction of sp³-hybridized carbons (Fsp3) is 0.318. The molecule has 2 N–H and O–H groups in total. The van der Waals surface area contributed by atoms with Crippen LogP contribution < -0.4 is 10.2 Å². The second-order valence-corrected chi connectivity index (χ2v) is 8.53. The summed E-state index contributed by atoms with van der Waals surface area (Å²) in [6.45, 7) is 11.6. The van der Waals surface area contributed by atoms with E-state index in [1.165, 1.54) is 14.7 Å². The molecule has 1 aliphatic heterocycles. The lowest BCUT2D eigenvalue weighted by Crippen LogP contribution is -2.36. The van der Waals surface area contributed by atoms with Crippen LogP contribution in [0.15, 0.2) is 36.4 Å². The van der Waals surface area contributed by atoms with Gasteiger partial charge in [-0.05, 0) is 65.6 Å². The number of aromatic nitrogens is 2. The number of aryl methyl sites for hydroxylation is 1. The molecule has 148 valence electrons. The van der Waals surface area contributed by atoms with Gasteiger partial charge in [-0.3, -0.25) is 0 Å². The molecule has 0 spiro atoms. The topological polar surface area (TPSA) is 65.6 Å². The highest BCUT2D eigenvalue weighted by Gasteiger charge is 2.21. The van der Waals surface area contributed by atoms with Gasteiger partial charge in [0.05, 0.1) is 12.7 Å². The van der Waals surface area contributed by atoms with Gasteiger partial charge in [-0.15, -0.1) is 10.2 Å². The van der Waals surface area contributed by atoms with Gasteiger partial charge in [0, 0.05) is 34.0 Å². The van der Waals surface area contributed by atoms with E-state index in [0.29, 0.717) is 18.1 Å². The first-order chi connectivity index (χ1) is 14.0. The fourth-order valence-corrected chi connectivity index (χ4v) is 4.15. The summed E-state index contributed by atoms with van der Waals surface area (Å²) < 4.78 is 1.23. The van der Waals surface area contributed by atoms with E-state index in [4.69, 9.17) is 6.57 Å². The molecule has 0 atom stereocenters. The zero-order chi connectivity index (χ0) is 20.4. The molecule has 2 aromatic carbocycles. The number of rotatable bonds is 4. The zero-order valence-electron chi connectivity index (χ0n) is 16.2. The van der Waals surface area contributed by atoms with Crippen LogP contribution in [0.25, 0.3) is 15.6 Å². The fourth-order valence-electron chi connectivity index (χ4n) is 3.57. The molecule has 0 unspecified atom stereocenters. The Bertz CT molecular complexity index is 1090. The average Bonchev–Trinajstić information content (AvgIpc) is 2.74. The first-order valence-electron chi connectivity index (χ1n) is 9.65. The van der Waals surface area contributed by atoms with Crippen LogP contribution in [-0.2, 0) is 6.54 Å². The van der Waals surface area contributed by atoms with Crippen molar-refractivity contribution in [3.05, 3.63) is 62.5 Å². The number of hydrogen-bond donors (Lipinski definition) is 2. The van der Waals surface area contributed by atoms with Crippen molar-refractivity contribution < 1.29 is 5.11 Å². The maximum Gasteiger partial charge on any atom is 0.188 e. The van der Waals surface area contributed by atoms with Gasteiger partial charge in [-0.25, -0.2) is 4.85 Å². The molecular formula is C22H22IN5O. The van der Waals surface area contributed by atoms with Crippen molar-refractivity contribution in [3.63, 3.8) is 0 Å². The first kappa shape index (κ1) is 19.9. The lowest BCUT2D eigenvalue weighted by molar-refractivity contribution is 0.145. The smallest absolute Gasteiger partial charge is 0.188 e. The molecule has 0 radical (unpaired) electrons. The summed E-state index contributed by atoms with van der Waals surface area (Å²) in [5.74, 6) is 1.50. The molecule has 4 rings (SSSR count). The second-order valence-electron chi connectivity index (χ2n) is 7.37. The molecule has 29 heavy (non-hydrogen) atoms. The summed E-state index contributed by atoms with van der Waals surface area (Å²) in [7, 11) is 0. The van der Waals surface area contributed by atoms with Crippen LogP contribution in [0.1, 0.15) is 24.0 Å². The Hall–Kier alpha value is -2.44. The first-order valence-corrected chi connectivity index (χ1v) is 10.7. The molecule has 0 amide bonds. The van der Waals surface area contributed by atoms with E-state index in [1.54, 1.807) is 0 Å². The van der Waals surface area contributed by atoms with Crippen molar-refractivity contribution in [2.75, 3.05) is 23.3 Å². The van der Waals surface area contributed by atoms with Crippen LogP contribution >= 0.6 is 22.6 Å². The van der Waals surface area contributed by atoms with Crippen LogP contribution in [0.4, 0.5) is 17.3 Å². The summed E-state index contributed by atoms with van der Waals surface area (Å²) in [5, 5.41) is 24.1. The van der Waals surface area contributed by atoms with Gasteiger partial charge >= 0.3 is 0 Å². The average molecular weight is 499 g/mol. The van der Waals surface area contributed by atoms with E-state index < -0.39 is 0 Å². The number of nitrogens with one attached hydrogen (secondary N) is 1. The molecule has 7 heteroatoms. The molecule has 1 saturated heterocycles. The monoisotopic (exact) mass is 499 g/mol. The van der Waals surface area contributed by atoms with Crippen molar-refractivity contribution in [2.45, 2.75) is 32.4 Å². The number of anilines is 2. The van der Waals surface area contributed by atoms with E-state index in [0.717, 1.165) is 42.5 Å². The van der Waals surface area contributed by atoms with Gasteiger partial charge < -0.3 is 15.3 Å². The highest BCUT2D eigenvalue weighted by atomic mass is 127. The molecule has 0 aliphatic carbocycles. The standard InChI is InChI=1S/C22H22IN5O/c1-14-3-4-15(11-20(14)23)13-25-21-19-12-16(24-2)5-6-18(19)22(27-26-21)28-9-7-17(29)8-10-28/h3-6,11-12,17,29H,7-10,13H2,1H3,(H,25,26). The lowest BCUT2D eigenvalue weighted by atomic mass is 10.1. The van der Waals surface area contributed by atoms with Crippen molar-refractivity contribution in [2.24, 2.45) is 0 Å². The van der Waals surface area contributed by atoms with E-state index in [2.05, 4.69) is 73.0 Å². The third-order valence-corrected chi connectivity index (χ3v) is 6.50. The molecular weight excluding hydrogens is 477 g/mol. The highest BCUT2D eigenvalue weighted by Crippen LogP contribution is 2.33. The molecule has 1 aliphatic rings. The number of hydrogen-bond acceptors (Lipinski definition) is 5. The minimum Gasteiger partial charge on any atom is -0.393 e. The van der Waals surface area contributed by atoms with Gasteiger partial charge in [-0.1, -0.05) is 24.3 Å². The molecule has 1 fully saturated rings. The number of piperidine rings is 1. The van der Waals surface area contributed by atoms with Crippen molar-refractivity contribution in [3.8, 4) is 0 Å². The van der Waals surface area contributed by atoms with Crippen LogP contribution in [0.3, 0.4) is 0 Å². The Morgan fingerprint density at radius 3 is 2.69 bits per heavy atom. The number of benzene rings is 2. The summed E-state index contributed by atoms with van der Waals surface area (Å²) >= 11 is 2.35. The van der Waals surface area contributed by atoms with Gasteiger partial charge in [0.15, 0.2) is 17.3 Å². The molecule has 2 heterocycles. The summed E-state index contributed by atoms with van der Waals surface area (Å²) in [4.78, 5) is 5.75. The molecule has 1 aromatic heterocycles. The largest absolute Gasteiger partial charge is 0.393 e. The summed E-state index contributed by atoms with van der Waals surface area (Å²) in [5.41, 5.74) is 3.01. The van der Waals surface area contributed by atoms with Crippen molar-refractivity contribution in [1.29, 1.82) is 0 Å². The minimum absolute atomic E-state index is 0.238. The Morgan fingerprint density at radius 2 is 1.97 bits per heavy atom. The zero-order valence-corrected chi connectivity index (χ0v) is 18.3. The maximum atomic E-state index is 9.81. The minimum atomic E-state index is -0.238. The lowest BCUT2D eigenvalue weighted by Gasteiger charge is -2.31. The third kappa shape index (κ3) is 4.28. The van der Waals surface area contributed by atoms with Gasteiger partial charge in [0.25, 0.3) is 0 Å². The SMILES string of the molecule is [C-]#[N+]c1ccc2c(N3CCC(O)CC3)nnc(NCc3ccc(C)c(I)c3)c2c1. The quantitative estimate of drug-likeness (QED) is 0.404. The predicted molar refractivity (Wildman–Crippen MR) is 124 cm³/mol. The van der Waals surface area contributed by atoms with Crippen molar-refractivity contribution >= 4 is 50.7 Å². The van der Waals surface area contributed by atoms with Crippen LogP contribution in [0.2, 0.25) is 0 Å². The number of aliphatic hydroxyl groups excluding tert-OH is 1. The van der Waals surface area contributed by atoms with Gasteiger partial charge in [0.1, 0.15) is 0 Å². The second kappa shape index (κ2) is 8.51. The molecule has 3 aromatic rings. The maximum absolute atomic E-state index is 9.81. The molecule has 0 bridgehead atoms. The van der Waals surface area contributed by atoms with E-state index in [9.17, 15) is 5.11 Å². The number of halogens is 1. The van der Waals surface area contributed by atoms with Crippen LogP contribution in [0.5, 0.6) is 0 Å². The van der Waals surface area contributed by atoms with E-state index in [1.807, 2.05) is 18.2 Å². The van der Waals surface area contributed by atoms with Crippen LogP contribution in [-0.4, -0.2) is 34.5 Å². The van der Waals surface area contributed by atoms with Crippen molar-refractivity contribution in [1.82, 2.24) is 10.2 Å². The predicted octanol–water partition coefficient (Wildman–Crippen LogP) is 4.67. The Labute approximate surface area is 183 Å². The summed E-state index contributed by atoms with van der Waals surface area (Å²) in [6, 6.07) is 12.0. The molecule has 6 nitrogen and oxygen atoms in total. The number of fused-ring (bicyclic) bond motifs is 1. The van der Waals surface area contributed by atoms with Crippen LogP contribution in [0, 0.1) is 17.1 Å². The normalized spacial score (nSPS) is 14.8. The Kier molecular flexibility index (Phi) is 5.83. The van der Waals surface area contributed by atoms with E-state index >= 15 is 0 Å². The third-order valence-electron chi connectivity index (χ3n) is 5.33. The Balaban J connectivity index is 1.67. The summed E-state index contributed by atoms with van der Waals surface area (Å²) in [6.07, 6.45) is 1.22. The Morgan fingerprint density at radius 1 is 1.17 bits per heavy atom. The number of nitrogens with zero attached hydrogens (tertiary/aromatic N) is 4.